The molecule has 2 amide bonds. The van der Waals surface area contributed by atoms with Crippen LogP contribution in [0.2, 0.25) is 5.02 Å². The first-order valence-electron chi connectivity index (χ1n) is 12.2. The van der Waals surface area contributed by atoms with Crippen molar-refractivity contribution in [3.8, 4) is 5.75 Å². The molecule has 3 heterocycles. The van der Waals surface area contributed by atoms with E-state index in [-0.39, 0.29) is 16.9 Å². The number of nitrogens with one attached hydrogen (secondary N) is 2. The number of likely N-dealkylation sites (N-methyl/N-ethyl adjacent to an activating group) is 1. The van der Waals surface area contributed by atoms with Gasteiger partial charge in [0, 0.05) is 33.2 Å². The van der Waals surface area contributed by atoms with Gasteiger partial charge in [0.1, 0.15) is 5.75 Å². The highest BCUT2D eigenvalue weighted by molar-refractivity contribution is 9.10. The van der Waals surface area contributed by atoms with Crippen LogP contribution in [0.25, 0.3) is 0 Å². The molecule has 3 aliphatic rings. The van der Waals surface area contributed by atoms with Crippen LogP contribution >= 0.6 is 39.7 Å². The Labute approximate surface area is 239 Å². The Balaban J connectivity index is 1.58. The predicted octanol–water partition coefficient (Wildman–Crippen LogP) is 5.04. The van der Waals surface area contributed by atoms with Gasteiger partial charge < -0.3 is 15.4 Å². The number of carbonyl (C=O) groups excluding carboxylic acids is 2. The van der Waals surface area contributed by atoms with Crippen LogP contribution in [0.15, 0.2) is 71.2 Å². The standard InChI is InChI=1S/C28H24BrClN4O3S/c1-3-37-20-11-9-19(10-12-20)34-25(36)27(32-26(34)38)22(16-4-7-18(30)8-5-16)15-33(2)28(27)21-14-17(29)6-13-23(21)31-24(28)35/h4-14,22H,3,15H2,1-2H3,(H,31,35)(H,32,38)/t22?,27-,28+/m0/s1. The van der Waals surface area contributed by atoms with Gasteiger partial charge in [0.25, 0.3) is 11.8 Å². The number of rotatable bonds is 4. The Morgan fingerprint density at radius 3 is 2.50 bits per heavy atom. The number of hydrogen-bond donors (Lipinski definition) is 2. The molecule has 0 aromatic heterocycles. The molecule has 7 nitrogen and oxygen atoms in total. The topological polar surface area (TPSA) is 73.9 Å². The lowest BCUT2D eigenvalue weighted by atomic mass is 9.67. The fraction of sp³-hybridized carbons (Fsp3) is 0.250. The van der Waals surface area contributed by atoms with Gasteiger partial charge >= 0.3 is 0 Å². The van der Waals surface area contributed by atoms with E-state index in [1.807, 2.05) is 61.3 Å². The number of fused-ring (bicyclic) bond motifs is 3. The van der Waals surface area contributed by atoms with Crippen molar-refractivity contribution in [1.29, 1.82) is 0 Å². The second-order valence-electron chi connectivity index (χ2n) is 9.64. The SMILES string of the molecule is CCOc1ccc(N2C(=O)[C@@]3(NC2=S)C(c2ccc(Cl)cc2)CN(C)[C@]32C(=O)Nc3ccc(Br)cc32)cc1. The van der Waals surface area contributed by atoms with E-state index in [1.54, 1.807) is 24.3 Å². The third-order valence-electron chi connectivity index (χ3n) is 7.80. The minimum Gasteiger partial charge on any atom is -0.494 e. The number of thiocarbonyl (C=S) groups is 1. The van der Waals surface area contributed by atoms with Gasteiger partial charge in [-0.2, -0.15) is 0 Å². The van der Waals surface area contributed by atoms with Crippen molar-refractivity contribution in [3.63, 3.8) is 0 Å². The molecule has 2 fully saturated rings. The van der Waals surface area contributed by atoms with E-state index in [0.717, 1.165) is 10.0 Å². The highest BCUT2D eigenvalue weighted by Gasteiger charge is 2.77. The van der Waals surface area contributed by atoms with Crippen LogP contribution in [0.3, 0.4) is 0 Å². The third kappa shape index (κ3) is 3.32. The number of carbonyl (C=O) groups is 2. The molecule has 2 saturated heterocycles. The van der Waals surface area contributed by atoms with E-state index in [1.165, 1.54) is 4.90 Å². The molecule has 6 rings (SSSR count). The molecule has 0 aliphatic carbocycles. The summed E-state index contributed by atoms with van der Waals surface area (Å²) in [6.45, 7) is 2.88. The summed E-state index contributed by atoms with van der Waals surface area (Å²) < 4.78 is 6.39. The minimum absolute atomic E-state index is 0.240. The van der Waals surface area contributed by atoms with Crippen LogP contribution in [0.1, 0.15) is 24.0 Å². The third-order valence-corrected chi connectivity index (χ3v) is 8.83. The van der Waals surface area contributed by atoms with Gasteiger partial charge in [-0.3, -0.25) is 19.4 Å². The molecular formula is C28H24BrClN4O3S. The van der Waals surface area contributed by atoms with E-state index >= 15 is 0 Å². The number of likely N-dealkylation sites (tertiary alicyclic amines) is 1. The van der Waals surface area contributed by atoms with Crippen LogP contribution in [0.4, 0.5) is 11.4 Å². The number of halogens is 2. The first-order chi connectivity index (χ1) is 18.2. The Hall–Kier alpha value is -2.98. The summed E-state index contributed by atoms with van der Waals surface area (Å²) in [4.78, 5) is 32.4. The first-order valence-corrected chi connectivity index (χ1v) is 13.8. The Bertz CT molecular complexity index is 1480. The van der Waals surface area contributed by atoms with Crippen LogP contribution in [-0.4, -0.2) is 47.6 Å². The van der Waals surface area contributed by atoms with Crippen LogP contribution in [0.5, 0.6) is 5.75 Å². The lowest BCUT2D eigenvalue weighted by Gasteiger charge is -2.42. The molecule has 3 atom stereocenters. The second-order valence-corrected chi connectivity index (χ2v) is 11.4. The van der Waals surface area contributed by atoms with Gasteiger partial charge in [-0.25, -0.2) is 0 Å². The maximum Gasteiger partial charge on any atom is 0.262 e. The Morgan fingerprint density at radius 2 is 1.82 bits per heavy atom. The Morgan fingerprint density at radius 1 is 1.11 bits per heavy atom. The maximum absolute atomic E-state index is 14.8. The van der Waals surface area contributed by atoms with Crippen molar-refractivity contribution >= 4 is 68.1 Å². The second kappa shape index (κ2) is 9.05. The molecule has 194 valence electrons. The molecule has 10 heteroatoms. The average Bonchev–Trinajstić information content (AvgIpc) is 3.44. The van der Waals surface area contributed by atoms with Gasteiger partial charge in [0.15, 0.2) is 16.2 Å². The van der Waals surface area contributed by atoms with Crippen molar-refractivity contribution in [1.82, 2.24) is 10.2 Å². The maximum atomic E-state index is 14.8. The average molecular weight is 612 g/mol. The number of anilines is 2. The summed E-state index contributed by atoms with van der Waals surface area (Å²) in [7, 11) is 1.88. The molecule has 3 aliphatic heterocycles. The van der Waals surface area contributed by atoms with Crippen molar-refractivity contribution in [2.45, 2.75) is 23.9 Å². The lowest BCUT2D eigenvalue weighted by Crippen LogP contribution is -2.68. The summed E-state index contributed by atoms with van der Waals surface area (Å²) >= 11 is 15.6. The number of nitrogens with zero attached hydrogens (tertiary/aromatic N) is 2. The van der Waals surface area contributed by atoms with Crippen LogP contribution in [-0.2, 0) is 15.1 Å². The van der Waals surface area contributed by atoms with Crippen molar-refractivity contribution in [2.75, 3.05) is 30.4 Å². The zero-order valence-corrected chi connectivity index (χ0v) is 23.8. The number of hydrogen-bond acceptors (Lipinski definition) is 5. The number of benzene rings is 3. The quantitative estimate of drug-likeness (QED) is 0.403. The highest BCUT2D eigenvalue weighted by Crippen LogP contribution is 2.59. The fourth-order valence-electron chi connectivity index (χ4n) is 6.30. The number of amides is 2. The van der Waals surface area contributed by atoms with Gasteiger partial charge in [0.2, 0.25) is 0 Å². The van der Waals surface area contributed by atoms with E-state index in [4.69, 9.17) is 28.6 Å². The van der Waals surface area contributed by atoms with Crippen LogP contribution in [0, 0.1) is 0 Å². The fourth-order valence-corrected chi connectivity index (χ4v) is 7.14. The molecule has 1 unspecified atom stereocenters. The minimum atomic E-state index is -1.43. The first kappa shape index (κ1) is 25.3. The van der Waals surface area contributed by atoms with Crippen molar-refractivity contribution in [2.24, 2.45) is 0 Å². The summed E-state index contributed by atoms with van der Waals surface area (Å²) in [5.74, 6) is -0.291. The van der Waals surface area contributed by atoms with Gasteiger partial charge in [0.05, 0.1) is 12.3 Å². The summed E-state index contributed by atoms with van der Waals surface area (Å²) in [5.41, 5.74) is 0.0694. The molecule has 2 spiro atoms. The zero-order chi connectivity index (χ0) is 26.8. The molecule has 0 radical (unpaired) electrons. The van der Waals surface area contributed by atoms with Gasteiger partial charge in [-0.1, -0.05) is 39.7 Å². The normalized spacial score (nSPS) is 26.3. The zero-order valence-electron chi connectivity index (χ0n) is 20.6. The number of ether oxygens (including phenoxy) is 1. The molecule has 38 heavy (non-hydrogen) atoms. The lowest BCUT2D eigenvalue weighted by molar-refractivity contribution is -0.137. The monoisotopic (exact) mass is 610 g/mol. The summed E-state index contributed by atoms with van der Waals surface area (Å²) in [5, 5.41) is 7.28. The molecule has 3 aromatic rings. The smallest absolute Gasteiger partial charge is 0.262 e. The van der Waals surface area contributed by atoms with Crippen molar-refractivity contribution in [3.05, 3.63) is 87.4 Å². The van der Waals surface area contributed by atoms with Gasteiger partial charge in [-0.05, 0) is 86.4 Å². The van der Waals surface area contributed by atoms with Gasteiger partial charge in [-0.15, -0.1) is 0 Å². The van der Waals surface area contributed by atoms with Crippen LogP contribution < -0.4 is 20.3 Å². The highest BCUT2D eigenvalue weighted by atomic mass is 79.9. The molecule has 0 bridgehead atoms. The summed E-state index contributed by atoms with van der Waals surface area (Å²) in [6.07, 6.45) is 0. The van der Waals surface area contributed by atoms with E-state index in [0.29, 0.717) is 40.9 Å². The Kier molecular flexibility index (Phi) is 6.03. The molecule has 3 aromatic carbocycles. The van der Waals surface area contributed by atoms with E-state index < -0.39 is 17.0 Å². The largest absolute Gasteiger partial charge is 0.494 e. The molecular weight excluding hydrogens is 588 g/mol. The molecule has 2 N–H and O–H groups in total. The van der Waals surface area contributed by atoms with E-state index in [2.05, 4.69) is 26.6 Å². The van der Waals surface area contributed by atoms with E-state index in [9.17, 15) is 9.59 Å². The summed E-state index contributed by atoms with van der Waals surface area (Å²) in [6, 6.07) is 20.3. The predicted molar refractivity (Wildman–Crippen MR) is 155 cm³/mol. The van der Waals surface area contributed by atoms with Crippen molar-refractivity contribution < 1.29 is 14.3 Å². The molecule has 0 saturated carbocycles.